The first-order valence-corrected chi connectivity index (χ1v) is 5.89. The molecule has 0 aliphatic rings. The van der Waals surface area contributed by atoms with E-state index in [1.165, 1.54) is 0 Å². The van der Waals surface area contributed by atoms with E-state index in [0.29, 0.717) is 19.6 Å². The lowest BCUT2D eigenvalue weighted by atomic mass is 10.4. The Hall–Kier alpha value is -0.480. The topological polar surface area (TPSA) is 49.4 Å². The molecule has 0 aromatic rings. The summed E-state index contributed by atoms with van der Waals surface area (Å²) in [5.74, 6) is -0.425. The molecule has 0 saturated carbocycles. The third-order valence-electron chi connectivity index (χ3n) is 1.79. The fourth-order valence-corrected chi connectivity index (χ4v) is 1.36. The van der Waals surface area contributed by atoms with Gasteiger partial charge < -0.3 is 10.2 Å². The van der Waals surface area contributed by atoms with Crippen LogP contribution in [0, 0.1) is 0 Å². The first kappa shape index (κ1) is 14.5. The number of hydrogen-bond donors (Lipinski definition) is 1. The van der Waals surface area contributed by atoms with Crippen LogP contribution in [0.5, 0.6) is 0 Å². The third-order valence-corrected chi connectivity index (χ3v) is 2.26. The summed E-state index contributed by atoms with van der Waals surface area (Å²) in [6.07, 6.45) is 0.867. The molecule has 0 atom stereocenters. The zero-order valence-corrected chi connectivity index (χ0v) is 10.3. The quantitative estimate of drug-likeness (QED) is 0.685. The van der Waals surface area contributed by atoms with Gasteiger partial charge in [-0.3, -0.25) is 9.59 Å². The van der Waals surface area contributed by atoms with Gasteiger partial charge in [-0.25, -0.2) is 0 Å². The van der Waals surface area contributed by atoms with Gasteiger partial charge in [0.15, 0.2) is 0 Å². The second-order valence-electron chi connectivity index (χ2n) is 3.00. The van der Waals surface area contributed by atoms with Crippen molar-refractivity contribution >= 4 is 35.0 Å². The smallest absolute Gasteiger partial charge is 0.237 e. The van der Waals surface area contributed by atoms with Crippen molar-refractivity contribution in [3.63, 3.8) is 0 Å². The summed E-state index contributed by atoms with van der Waals surface area (Å²) < 4.78 is 0. The second-order valence-corrected chi connectivity index (χ2v) is 3.53. The molecule has 0 spiro atoms. The van der Waals surface area contributed by atoms with E-state index in [0.717, 1.165) is 6.42 Å². The Morgan fingerprint density at radius 2 is 1.87 bits per heavy atom. The molecule has 0 rings (SSSR count). The minimum atomic E-state index is -0.230. The summed E-state index contributed by atoms with van der Waals surface area (Å²) in [6, 6.07) is 0. The molecule has 2 amide bonds. The molecule has 0 aliphatic carbocycles. The number of carbonyl (C=O) groups excluding carboxylic acids is 2. The maximum atomic E-state index is 11.3. The summed E-state index contributed by atoms with van der Waals surface area (Å²) in [7, 11) is 0. The summed E-state index contributed by atoms with van der Waals surface area (Å²) in [4.78, 5) is 23.7. The van der Waals surface area contributed by atoms with Crippen molar-refractivity contribution < 1.29 is 9.59 Å². The molecule has 1 N–H and O–H groups in total. The number of hydrogen-bond acceptors (Lipinski definition) is 2. The Labute approximate surface area is 99.9 Å². The van der Waals surface area contributed by atoms with Gasteiger partial charge in [-0.1, -0.05) is 6.92 Å². The SMILES string of the molecule is CCCN(CCNC(=O)CCl)C(=O)CCl. The lowest BCUT2D eigenvalue weighted by Crippen LogP contribution is -2.39. The number of rotatable bonds is 7. The third kappa shape index (κ3) is 6.57. The van der Waals surface area contributed by atoms with Gasteiger partial charge in [0.2, 0.25) is 11.8 Å². The van der Waals surface area contributed by atoms with Gasteiger partial charge in [0, 0.05) is 19.6 Å². The summed E-state index contributed by atoms with van der Waals surface area (Å²) in [6.45, 7) is 3.52. The summed E-state index contributed by atoms with van der Waals surface area (Å²) in [5.41, 5.74) is 0. The van der Waals surface area contributed by atoms with Crippen molar-refractivity contribution in [1.82, 2.24) is 10.2 Å². The van der Waals surface area contributed by atoms with Crippen LogP contribution in [-0.4, -0.2) is 48.1 Å². The fourth-order valence-electron chi connectivity index (χ4n) is 1.09. The van der Waals surface area contributed by atoms with E-state index in [9.17, 15) is 9.59 Å². The van der Waals surface area contributed by atoms with E-state index in [1.54, 1.807) is 4.90 Å². The molecule has 0 aliphatic heterocycles. The maximum absolute atomic E-state index is 11.3. The molecule has 4 nitrogen and oxygen atoms in total. The van der Waals surface area contributed by atoms with Gasteiger partial charge in [0.25, 0.3) is 0 Å². The van der Waals surface area contributed by atoms with E-state index in [-0.39, 0.29) is 23.6 Å². The highest BCUT2D eigenvalue weighted by molar-refractivity contribution is 6.27. The molecule has 88 valence electrons. The molecule has 15 heavy (non-hydrogen) atoms. The van der Waals surface area contributed by atoms with Crippen LogP contribution in [0.15, 0.2) is 0 Å². The molecule has 0 saturated heterocycles. The highest BCUT2D eigenvalue weighted by Crippen LogP contribution is 1.94. The average Bonchev–Trinajstić information content (AvgIpc) is 2.26. The number of carbonyl (C=O) groups is 2. The predicted octanol–water partition coefficient (Wildman–Crippen LogP) is 0.819. The Morgan fingerprint density at radius 3 is 2.33 bits per heavy atom. The lowest BCUT2D eigenvalue weighted by Gasteiger charge is -2.21. The predicted molar refractivity (Wildman–Crippen MR) is 61.3 cm³/mol. The van der Waals surface area contributed by atoms with E-state index in [1.807, 2.05) is 6.92 Å². The largest absolute Gasteiger partial charge is 0.353 e. The molecule has 0 unspecified atom stereocenters. The number of nitrogens with zero attached hydrogens (tertiary/aromatic N) is 1. The Balaban J connectivity index is 3.85. The van der Waals surface area contributed by atoms with Crippen molar-refractivity contribution in [2.75, 3.05) is 31.4 Å². The molecule has 0 heterocycles. The van der Waals surface area contributed by atoms with Crippen LogP contribution in [0.4, 0.5) is 0 Å². The summed E-state index contributed by atoms with van der Waals surface area (Å²) >= 11 is 10.8. The van der Waals surface area contributed by atoms with Gasteiger partial charge in [-0.15, -0.1) is 23.2 Å². The first-order valence-electron chi connectivity index (χ1n) is 4.82. The monoisotopic (exact) mass is 254 g/mol. The van der Waals surface area contributed by atoms with Crippen molar-refractivity contribution in [2.24, 2.45) is 0 Å². The van der Waals surface area contributed by atoms with Crippen molar-refractivity contribution in [3.8, 4) is 0 Å². The van der Waals surface area contributed by atoms with Crippen LogP contribution in [0.25, 0.3) is 0 Å². The number of amides is 2. The van der Waals surface area contributed by atoms with Crippen LogP contribution in [0.2, 0.25) is 0 Å². The van der Waals surface area contributed by atoms with Crippen molar-refractivity contribution in [1.29, 1.82) is 0 Å². The molecule has 0 fully saturated rings. The highest BCUT2D eigenvalue weighted by Gasteiger charge is 2.10. The van der Waals surface area contributed by atoms with Gasteiger partial charge in [0.1, 0.15) is 11.8 Å². The molecular formula is C9H16Cl2N2O2. The van der Waals surface area contributed by atoms with Crippen LogP contribution in [0.3, 0.4) is 0 Å². The second kappa shape index (κ2) is 8.80. The van der Waals surface area contributed by atoms with Crippen LogP contribution >= 0.6 is 23.2 Å². The average molecular weight is 255 g/mol. The van der Waals surface area contributed by atoms with Crippen LogP contribution < -0.4 is 5.32 Å². The number of halogens is 2. The highest BCUT2D eigenvalue weighted by atomic mass is 35.5. The maximum Gasteiger partial charge on any atom is 0.237 e. The Morgan fingerprint density at radius 1 is 1.20 bits per heavy atom. The van der Waals surface area contributed by atoms with Crippen molar-refractivity contribution in [2.45, 2.75) is 13.3 Å². The van der Waals surface area contributed by atoms with E-state index in [2.05, 4.69) is 5.32 Å². The fraction of sp³-hybridized carbons (Fsp3) is 0.778. The van der Waals surface area contributed by atoms with Gasteiger partial charge in [-0.2, -0.15) is 0 Å². The standard InChI is InChI=1S/C9H16Cl2N2O2/c1-2-4-13(9(15)7-11)5-3-12-8(14)6-10/h2-7H2,1H3,(H,12,14). The lowest BCUT2D eigenvalue weighted by molar-refractivity contribution is -0.129. The molecule has 0 aromatic heterocycles. The van der Waals surface area contributed by atoms with Crippen LogP contribution in [-0.2, 0) is 9.59 Å². The van der Waals surface area contributed by atoms with Crippen molar-refractivity contribution in [3.05, 3.63) is 0 Å². The minimum Gasteiger partial charge on any atom is -0.353 e. The zero-order chi connectivity index (χ0) is 11.7. The number of alkyl halides is 2. The van der Waals surface area contributed by atoms with Crippen LogP contribution in [0.1, 0.15) is 13.3 Å². The minimum absolute atomic E-state index is 0.0244. The Kier molecular flexibility index (Phi) is 8.52. The molecule has 6 heteroatoms. The van der Waals surface area contributed by atoms with E-state index >= 15 is 0 Å². The summed E-state index contributed by atoms with van der Waals surface area (Å²) in [5, 5.41) is 2.59. The van der Waals surface area contributed by atoms with Gasteiger partial charge in [-0.05, 0) is 6.42 Å². The van der Waals surface area contributed by atoms with Gasteiger partial charge in [0.05, 0.1) is 0 Å². The van der Waals surface area contributed by atoms with E-state index in [4.69, 9.17) is 23.2 Å². The van der Waals surface area contributed by atoms with Gasteiger partial charge >= 0.3 is 0 Å². The zero-order valence-electron chi connectivity index (χ0n) is 8.76. The Bertz CT molecular complexity index is 212. The molecule has 0 bridgehead atoms. The van der Waals surface area contributed by atoms with E-state index < -0.39 is 0 Å². The molecular weight excluding hydrogens is 239 g/mol. The number of nitrogens with one attached hydrogen (secondary N) is 1. The normalized spacial score (nSPS) is 9.80. The molecule has 0 aromatic carbocycles. The molecule has 0 radical (unpaired) electrons. The first-order chi connectivity index (χ1) is 7.15.